The second kappa shape index (κ2) is 3.77. The molecule has 0 spiro atoms. The van der Waals surface area contributed by atoms with Crippen molar-refractivity contribution in [1.29, 1.82) is 0 Å². The smallest absolute Gasteiger partial charge is 0.313 e. The van der Waals surface area contributed by atoms with Gasteiger partial charge >= 0.3 is 5.97 Å². The van der Waals surface area contributed by atoms with Crippen molar-refractivity contribution in [2.24, 2.45) is 0 Å². The normalized spacial score (nSPS) is 12.8. The van der Waals surface area contributed by atoms with Crippen LogP contribution in [0, 0.1) is 3.95 Å². The number of aliphatic carboxylic acids is 1. The highest BCUT2D eigenvalue weighted by Crippen LogP contribution is 2.21. The number of carbonyl (C=O) groups is 1. The van der Waals surface area contributed by atoms with Crippen molar-refractivity contribution in [3.05, 3.63) is 8.96 Å². The van der Waals surface area contributed by atoms with E-state index in [0.717, 1.165) is 0 Å². The molecule has 2 N–H and O–H groups in total. The summed E-state index contributed by atoms with van der Waals surface area (Å²) in [5.74, 6) is -1.38. The van der Waals surface area contributed by atoms with Crippen molar-refractivity contribution in [3.8, 4) is 0 Å². The molecule has 0 saturated carbocycles. The van der Waals surface area contributed by atoms with E-state index in [1.165, 1.54) is 11.3 Å². The number of nitrogens with one attached hydrogen (secondary N) is 1. The average molecular weight is 204 g/mol. The Kier molecular flexibility index (Phi) is 2.93. The summed E-state index contributed by atoms with van der Waals surface area (Å²) in [7, 11) is 0. The zero-order valence-electron chi connectivity index (χ0n) is 6.40. The lowest BCUT2D eigenvalue weighted by Gasteiger charge is -2.02. The number of carboxylic acids is 1. The molecular formula is C6H8N2O2S2. The van der Waals surface area contributed by atoms with E-state index in [1.54, 1.807) is 0 Å². The number of aromatic amines is 1. The Morgan fingerprint density at radius 1 is 1.92 bits per heavy atom. The molecule has 0 aliphatic carbocycles. The third-order valence-corrected chi connectivity index (χ3v) is 2.66. The fourth-order valence-electron chi connectivity index (χ4n) is 0.845. The second-order valence-electron chi connectivity index (χ2n) is 2.25. The van der Waals surface area contributed by atoms with E-state index in [0.29, 0.717) is 15.4 Å². The minimum atomic E-state index is -0.852. The fraction of sp³-hybridized carbons (Fsp3) is 0.500. The molecular weight excluding hydrogens is 196 g/mol. The molecule has 1 heterocycles. The first-order valence-corrected chi connectivity index (χ1v) is 4.65. The maximum absolute atomic E-state index is 10.7. The molecule has 12 heavy (non-hydrogen) atoms. The van der Waals surface area contributed by atoms with Gasteiger partial charge in [-0.05, 0) is 18.6 Å². The van der Waals surface area contributed by atoms with Crippen molar-refractivity contribution in [2.75, 3.05) is 0 Å². The van der Waals surface area contributed by atoms with Crippen LogP contribution in [-0.4, -0.2) is 21.3 Å². The van der Waals surface area contributed by atoms with Crippen LogP contribution in [0.2, 0.25) is 0 Å². The van der Waals surface area contributed by atoms with E-state index in [-0.39, 0.29) is 0 Å². The van der Waals surface area contributed by atoms with Gasteiger partial charge in [0.15, 0.2) is 3.95 Å². The standard InChI is InChI=1S/C6H8N2O2S2/c1-2-3(5(9)10)4-7-8-6(11)12-4/h3H,2H2,1H3,(H,8,11)(H,9,10). The van der Waals surface area contributed by atoms with Crippen LogP contribution < -0.4 is 0 Å². The van der Waals surface area contributed by atoms with Crippen molar-refractivity contribution < 1.29 is 9.90 Å². The van der Waals surface area contributed by atoms with E-state index in [4.69, 9.17) is 17.3 Å². The van der Waals surface area contributed by atoms with Gasteiger partial charge in [-0.2, -0.15) is 5.10 Å². The number of carboxylic acid groups (broad SMARTS) is 1. The first-order valence-electron chi connectivity index (χ1n) is 3.43. The zero-order valence-corrected chi connectivity index (χ0v) is 8.04. The van der Waals surface area contributed by atoms with Crippen LogP contribution in [0.1, 0.15) is 24.3 Å². The quantitative estimate of drug-likeness (QED) is 0.736. The van der Waals surface area contributed by atoms with Gasteiger partial charge in [0.1, 0.15) is 10.9 Å². The number of rotatable bonds is 3. The molecule has 4 nitrogen and oxygen atoms in total. The lowest BCUT2D eigenvalue weighted by Crippen LogP contribution is -2.09. The highest BCUT2D eigenvalue weighted by atomic mass is 32.1. The molecule has 1 unspecified atom stereocenters. The molecule has 1 rings (SSSR count). The van der Waals surface area contributed by atoms with E-state index in [2.05, 4.69) is 10.2 Å². The van der Waals surface area contributed by atoms with E-state index in [9.17, 15) is 4.79 Å². The molecule has 0 fully saturated rings. The summed E-state index contributed by atoms with van der Waals surface area (Å²) in [5, 5.41) is 15.7. The summed E-state index contributed by atoms with van der Waals surface area (Å²) >= 11 is 6.01. The van der Waals surface area contributed by atoms with Gasteiger partial charge in [-0.25, -0.2) is 0 Å². The summed E-state index contributed by atoms with van der Waals surface area (Å²) in [6.07, 6.45) is 0.533. The van der Waals surface area contributed by atoms with Gasteiger partial charge < -0.3 is 5.11 Å². The minimum absolute atomic E-state index is 0.518. The van der Waals surface area contributed by atoms with Crippen molar-refractivity contribution in [1.82, 2.24) is 10.2 Å². The maximum Gasteiger partial charge on any atom is 0.313 e. The summed E-state index contributed by atoms with van der Waals surface area (Å²) in [6, 6.07) is 0. The predicted molar refractivity (Wildman–Crippen MR) is 48.0 cm³/mol. The Morgan fingerprint density at radius 3 is 2.92 bits per heavy atom. The van der Waals surface area contributed by atoms with Crippen LogP contribution in [0.25, 0.3) is 0 Å². The fourth-order valence-corrected chi connectivity index (χ4v) is 1.93. The Hall–Kier alpha value is -0.750. The largest absolute Gasteiger partial charge is 0.481 e. The van der Waals surface area contributed by atoms with Gasteiger partial charge in [-0.3, -0.25) is 9.89 Å². The lowest BCUT2D eigenvalue weighted by molar-refractivity contribution is -0.138. The Labute approximate surface area is 78.3 Å². The third kappa shape index (κ3) is 1.89. The molecule has 1 aromatic rings. The third-order valence-electron chi connectivity index (χ3n) is 1.46. The van der Waals surface area contributed by atoms with Gasteiger partial charge in [0, 0.05) is 0 Å². The van der Waals surface area contributed by atoms with Crippen LogP contribution in [0.3, 0.4) is 0 Å². The molecule has 0 amide bonds. The molecule has 66 valence electrons. The van der Waals surface area contributed by atoms with Gasteiger partial charge in [-0.15, -0.1) is 0 Å². The number of hydrogen-bond donors (Lipinski definition) is 2. The van der Waals surface area contributed by atoms with E-state index >= 15 is 0 Å². The second-order valence-corrected chi connectivity index (χ2v) is 3.95. The van der Waals surface area contributed by atoms with Crippen LogP contribution in [-0.2, 0) is 4.79 Å². The molecule has 0 radical (unpaired) electrons. The summed E-state index contributed by atoms with van der Waals surface area (Å²) in [6.45, 7) is 1.81. The predicted octanol–water partition coefficient (Wildman–Crippen LogP) is 1.78. The van der Waals surface area contributed by atoms with Gasteiger partial charge in [-0.1, -0.05) is 18.3 Å². The molecule has 0 saturated heterocycles. The maximum atomic E-state index is 10.7. The monoisotopic (exact) mass is 204 g/mol. The highest BCUT2D eigenvalue weighted by Gasteiger charge is 2.20. The van der Waals surface area contributed by atoms with E-state index < -0.39 is 11.9 Å². The summed E-state index contributed by atoms with van der Waals surface area (Å²) in [5.41, 5.74) is 0. The van der Waals surface area contributed by atoms with Gasteiger partial charge in [0.05, 0.1) is 0 Å². The number of aromatic nitrogens is 2. The van der Waals surface area contributed by atoms with E-state index in [1.807, 2.05) is 6.92 Å². The molecule has 0 bridgehead atoms. The highest BCUT2D eigenvalue weighted by molar-refractivity contribution is 7.73. The summed E-state index contributed by atoms with van der Waals surface area (Å²) < 4.78 is 0.518. The van der Waals surface area contributed by atoms with Crippen LogP contribution >= 0.6 is 23.6 Å². The SMILES string of the molecule is CCC(C(=O)O)c1n[nH]c(=S)s1. The lowest BCUT2D eigenvalue weighted by atomic mass is 10.1. The average Bonchev–Trinajstić information content (AvgIpc) is 2.37. The Bertz CT molecular complexity index is 330. The Morgan fingerprint density at radius 2 is 2.58 bits per heavy atom. The number of hydrogen-bond acceptors (Lipinski definition) is 4. The first kappa shape index (κ1) is 9.34. The van der Waals surface area contributed by atoms with Crippen molar-refractivity contribution >= 4 is 29.5 Å². The van der Waals surface area contributed by atoms with Gasteiger partial charge in [0.25, 0.3) is 0 Å². The van der Waals surface area contributed by atoms with Crippen LogP contribution in [0.4, 0.5) is 0 Å². The first-order chi connectivity index (χ1) is 5.65. The molecule has 0 aliphatic heterocycles. The molecule has 6 heteroatoms. The topological polar surface area (TPSA) is 66.0 Å². The molecule has 0 aromatic carbocycles. The van der Waals surface area contributed by atoms with Crippen LogP contribution in [0.15, 0.2) is 0 Å². The number of H-pyrrole nitrogens is 1. The van der Waals surface area contributed by atoms with Gasteiger partial charge in [0.2, 0.25) is 0 Å². The summed E-state index contributed by atoms with van der Waals surface area (Å²) in [4.78, 5) is 10.7. The zero-order chi connectivity index (χ0) is 9.14. The van der Waals surface area contributed by atoms with Crippen molar-refractivity contribution in [3.63, 3.8) is 0 Å². The molecule has 0 aliphatic rings. The molecule has 1 atom stereocenters. The Balaban J connectivity index is 2.94. The van der Waals surface area contributed by atoms with Crippen molar-refractivity contribution in [2.45, 2.75) is 19.3 Å². The van der Waals surface area contributed by atoms with Crippen LogP contribution in [0.5, 0.6) is 0 Å². The number of nitrogens with zero attached hydrogens (tertiary/aromatic N) is 1. The molecule has 1 aromatic heterocycles. The minimum Gasteiger partial charge on any atom is -0.481 e.